The minimum atomic E-state index is -0.407. The number of carbonyl (C=O) groups is 2. The zero-order valence-electron chi connectivity index (χ0n) is 21.6. The lowest BCUT2D eigenvalue weighted by Gasteiger charge is -2.12. The fraction of sp³-hybridized carbons (Fsp3) is 0.133. The molecule has 2 heterocycles. The first kappa shape index (κ1) is 27.8. The molecule has 0 saturated heterocycles. The third-order valence-corrected chi connectivity index (χ3v) is 6.29. The molecule has 0 aliphatic heterocycles. The second kappa shape index (κ2) is 13.0. The van der Waals surface area contributed by atoms with Crippen LogP contribution >= 0.6 is 11.6 Å². The van der Waals surface area contributed by atoms with Gasteiger partial charge in [-0.15, -0.1) is 0 Å². The van der Waals surface area contributed by atoms with Gasteiger partial charge in [-0.3, -0.25) is 14.9 Å². The summed E-state index contributed by atoms with van der Waals surface area (Å²) in [5.74, 6) is 1.53. The zero-order chi connectivity index (χ0) is 28.6. The minimum Gasteiger partial charge on any atom is -0.487 e. The molecule has 0 bridgehead atoms. The van der Waals surface area contributed by atoms with Gasteiger partial charge in [0.25, 0.3) is 0 Å². The SMILES string of the molecule is O=CNC(=O)CCOCc1ccc(-c2ccc3ncnc(Nc4ccc(OCc5cccc(F)c5)c(Cl)c4)c3c2)o1. The average Bonchev–Trinajstić information content (AvgIpc) is 3.44. The van der Waals surface area contributed by atoms with Crippen LogP contribution in [0.5, 0.6) is 5.75 Å². The molecule has 5 rings (SSSR count). The molecule has 0 aliphatic rings. The largest absolute Gasteiger partial charge is 0.487 e. The van der Waals surface area contributed by atoms with E-state index in [1.807, 2.05) is 30.3 Å². The van der Waals surface area contributed by atoms with E-state index in [-0.39, 0.29) is 32.1 Å². The number of furan rings is 1. The van der Waals surface area contributed by atoms with Gasteiger partial charge in [0.15, 0.2) is 0 Å². The number of benzene rings is 3. The second-order valence-electron chi connectivity index (χ2n) is 8.90. The van der Waals surface area contributed by atoms with Gasteiger partial charge in [0, 0.05) is 16.6 Å². The molecule has 208 valence electrons. The Hall–Kier alpha value is -4.80. The number of imide groups is 1. The number of amides is 2. The van der Waals surface area contributed by atoms with Gasteiger partial charge in [-0.05, 0) is 66.2 Å². The highest BCUT2D eigenvalue weighted by Gasteiger charge is 2.11. The van der Waals surface area contributed by atoms with Gasteiger partial charge >= 0.3 is 0 Å². The smallest absolute Gasteiger partial charge is 0.228 e. The van der Waals surface area contributed by atoms with Crippen LogP contribution in [0.25, 0.3) is 22.2 Å². The molecule has 0 aliphatic carbocycles. The van der Waals surface area contributed by atoms with Gasteiger partial charge in [0.05, 0.1) is 23.6 Å². The Kier molecular flexibility index (Phi) is 8.82. The molecule has 2 amide bonds. The molecule has 9 nitrogen and oxygen atoms in total. The molecule has 0 unspecified atom stereocenters. The maximum absolute atomic E-state index is 13.4. The highest BCUT2D eigenvalue weighted by atomic mass is 35.5. The summed E-state index contributed by atoms with van der Waals surface area (Å²) in [5.41, 5.74) is 2.93. The maximum atomic E-state index is 13.4. The van der Waals surface area contributed by atoms with Crippen LogP contribution in [-0.2, 0) is 27.5 Å². The van der Waals surface area contributed by atoms with Gasteiger partial charge in [-0.1, -0.05) is 23.7 Å². The molecule has 0 atom stereocenters. The monoisotopic (exact) mass is 574 g/mol. The highest BCUT2D eigenvalue weighted by Crippen LogP contribution is 2.33. The van der Waals surface area contributed by atoms with Gasteiger partial charge in [0.2, 0.25) is 12.3 Å². The third kappa shape index (κ3) is 7.24. The van der Waals surface area contributed by atoms with Crippen molar-refractivity contribution in [3.63, 3.8) is 0 Å². The normalized spacial score (nSPS) is 10.9. The number of aromatic nitrogens is 2. The summed E-state index contributed by atoms with van der Waals surface area (Å²) in [6, 6.07) is 20.8. The Morgan fingerprint density at radius 1 is 1.02 bits per heavy atom. The standard InChI is InChI=1S/C30H24ClFN4O5/c31-25-14-22(5-8-28(25)40-15-19-2-1-3-21(32)12-19)36-30-24-13-20(4-7-26(24)33-17-34-30)27-9-6-23(41-27)16-39-11-10-29(38)35-18-37/h1-9,12-14,17-18H,10-11,15-16H2,(H,33,34,36)(H,35,37,38). The van der Waals surface area contributed by atoms with E-state index in [0.29, 0.717) is 45.8 Å². The summed E-state index contributed by atoms with van der Waals surface area (Å²) in [4.78, 5) is 30.4. The number of rotatable bonds is 12. The van der Waals surface area contributed by atoms with Crippen molar-refractivity contribution in [1.29, 1.82) is 0 Å². The molecule has 41 heavy (non-hydrogen) atoms. The maximum Gasteiger partial charge on any atom is 0.228 e. The van der Waals surface area contributed by atoms with E-state index < -0.39 is 5.91 Å². The summed E-state index contributed by atoms with van der Waals surface area (Å²) in [5, 5.41) is 6.50. The second-order valence-corrected chi connectivity index (χ2v) is 9.30. The first-order chi connectivity index (χ1) is 20.0. The van der Waals surface area contributed by atoms with E-state index in [9.17, 15) is 14.0 Å². The van der Waals surface area contributed by atoms with Gasteiger partial charge in [-0.25, -0.2) is 14.4 Å². The molecule has 0 radical (unpaired) electrons. The lowest BCUT2D eigenvalue weighted by molar-refractivity contribution is -0.126. The molecule has 5 aromatic rings. The van der Waals surface area contributed by atoms with Crippen molar-refractivity contribution >= 4 is 46.3 Å². The molecule has 11 heteroatoms. The number of hydrogen-bond donors (Lipinski definition) is 2. The molecule has 2 aromatic heterocycles. The summed E-state index contributed by atoms with van der Waals surface area (Å²) in [6.45, 7) is 0.519. The number of hydrogen-bond acceptors (Lipinski definition) is 8. The van der Waals surface area contributed by atoms with Crippen LogP contribution in [0, 0.1) is 5.82 Å². The number of nitrogens with one attached hydrogen (secondary N) is 2. The molecular formula is C30H24ClFN4O5. The number of nitrogens with zero attached hydrogens (tertiary/aromatic N) is 2. The minimum absolute atomic E-state index is 0.0721. The summed E-state index contributed by atoms with van der Waals surface area (Å²) in [6.07, 6.45) is 1.89. The van der Waals surface area contributed by atoms with Crippen LogP contribution < -0.4 is 15.4 Å². The molecule has 0 saturated carbocycles. The van der Waals surface area contributed by atoms with Gasteiger partial charge in [-0.2, -0.15) is 0 Å². The van der Waals surface area contributed by atoms with Gasteiger partial charge in [0.1, 0.15) is 48.4 Å². The fourth-order valence-electron chi connectivity index (χ4n) is 4.02. The van der Waals surface area contributed by atoms with Crippen LogP contribution in [0.4, 0.5) is 15.9 Å². The van der Waals surface area contributed by atoms with Crippen molar-refractivity contribution in [2.24, 2.45) is 0 Å². The predicted molar refractivity (Wildman–Crippen MR) is 151 cm³/mol. The Morgan fingerprint density at radius 2 is 1.93 bits per heavy atom. The molecule has 0 fully saturated rings. The van der Waals surface area contributed by atoms with Crippen molar-refractivity contribution < 1.29 is 27.9 Å². The third-order valence-electron chi connectivity index (χ3n) is 6.00. The summed E-state index contributed by atoms with van der Waals surface area (Å²) in [7, 11) is 0. The van der Waals surface area contributed by atoms with Crippen LogP contribution in [0.1, 0.15) is 17.7 Å². The summed E-state index contributed by atoms with van der Waals surface area (Å²) < 4.78 is 30.6. The van der Waals surface area contributed by atoms with Crippen LogP contribution in [0.2, 0.25) is 5.02 Å². The van der Waals surface area contributed by atoms with Crippen LogP contribution in [0.3, 0.4) is 0 Å². The van der Waals surface area contributed by atoms with Gasteiger partial charge < -0.3 is 19.2 Å². The van der Waals surface area contributed by atoms with E-state index in [2.05, 4.69) is 20.6 Å². The van der Waals surface area contributed by atoms with Crippen molar-refractivity contribution in [3.05, 3.63) is 101 Å². The lowest BCUT2D eigenvalue weighted by Crippen LogP contribution is -2.22. The molecule has 2 N–H and O–H groups in total. The quantitative estimate of drug-likeness (QED) is 0.134. The Bertz CT molecular complexity index is 1690. The fourth-order valence-corrected chi connectivity index (χ4v) is 4.25. The Morgan fingerprint density at radius 3 is 2.76 bits per heavy atom. The highest BCUT2D eigenvalue weighted by molar-refractivity contribution is 6.32. The van der Waals surface area contributed by atoms with Crippen molar-refractivity contribution in [1.82, 2.24) is 15.3 Å². The molecule has 3 aromatic carbocycles. The van der Waals surface area contributed by atoms with E-state index in [1.165, 1.54) is 18.5 Å². The first-order valence-corrected chi connectivity index (χ1v) is 12.9. The van der Waals surface area contributed by atoms with Crippen molar-refractivity contribution in [2.45, 2.75) is 19.6 Å². The van der Waals surface area contributed by atoms with Crippen molar-refractivity contribution in [3.8, 4) is 17.1 Å². The number of carbonyl (C=O) groups excluding carboxylic acids is 2. The predicted octanol–water partition coefficient (Wildman–Crippen LogP) is 6.18. The van der Waals surface area contributed by atoms with E-state index in [1.54, 1.807) is 30.3 Å². The topological polar surface area (TPSA) is 116 Å². The Balaban J connectivity index is 1.26. The number of ether oxygens (including phenoxy) is 2. The van der Waals surface area contributed by atoms with E-state index in [0.717, 1.165) is 16.5 Å². The first-order valence-electron chi connectivity index (χ1n) is 12.6. The Labute approximate surface area is 239 Å². The number of halogens is 2. The van der Waals surface area contributed by atoms with E-state index >= 15 is 0 Å². The molecular weight excluding hydrogens is 551 g/mol. The average molecular weight is 575 g/mol. The molecule has 0 spiro atoms. The van der Waals surface area contributed by atoms with Crippen molar-refractivity contribution in [2.75, 3.05) is 11.9 Å². The zero-order valence-corrected chi connectivity index (χ0v) is 22.4. The number of fused-ring (bicyclic) bond motifs is 1. The van der Waals surface area contributed by atoms with Crippen LogP contribution in [0.15, 0.2) is 83.5 Å². The van der Waals surface area contributed by atoms with E-state index in [4.69, 9.17) is 25.5 Å². The lowest BCUT2D eigenvalue weighted by atomic mass is 10.1. The number of anilines is 2. The summed E-state index contributed by atoms with van der Waals surface area (Å²) >= 11 is 6.47. The van der Waals surface area contributed by atoms with Crippen LogP contribution in [-0.4, -0.2) is 28.9 Å².